The molecule has 0 aliphatic heterocycles. The monoisotopic (exact) mass is 472 g/mol. The van der Waals surface area contributed by atoms with Crippen LogP contribution in [0.5, 0.6) is 5.75 Å². The molecule has 9 heteroatoms. The molecule has 0 spiro atoms. The van der Waals surface area contributed by atoms with Crippen LogP contribution in [0.2, 0.25) is 0 Å². The van der Waals surface area contributed by atoms with Gasteiger partial charge in [0.1, 0.15) is 5.75 Å². The number of nitrogens with zero attached hydrogens (tertiary/aromatic N) is 1. The molecule has 1 heterocycles. The third-order valence-electron chi connectivity index (χ3n) is 4.24. The van der Waals surface area contributed by atoms with Crippen LogP contribution in [0.15, 0.2) is 58.8 Å². The zero-order valence-electron chi connectivity index (χ0n) is 17.5. The van der Waals surface area contributed by atoms with Gasteiger partial charge in [-0.15, -0.1) is 23.1 Å². The first kappa shape index (κ1) is 23.1. The maximum atomic E-state index is 12.7. The van der Waals surface area contributed by atoms with Crippen LogP contribution in [-0.4, -0.2) is 28.4 Å². The van der Waals surface area contributed by atoms with Gasteiger partial charge < -0.3 is 20.7 Å². The van der Waals surface area contributed by atoms with E-state index in [1.54, 1.807) is 7.11 Å². The Morgan fingerprint density at radius 2 is 2.00 bits per heavy atom. The molecule has 162 valence electrons. The average molecular weight is 473 g/mol. The normalized spacial score (nSPS) is 11.5. The number of thiocarbonyl (C=S) groups is 1. The smallest absolute Gasteiger partial charge is 0.239 e. The molecule has 1 atom stereocenters. The van der Waals surface area contributed by atoms with E-state index < -0.39 is 0 Å². The Kier molecular flexibility index (Phi) is 8.27. The molecule has 0 aliphatic carbocycles. The number of thioether (sulfide) groups is 1. The highest BCUT2D eigenvalue weighted by Crippen LogP contribution is 2.29. The molecule has 3 N–H and O–H groups in total. The molecule has 3 rings (SSSR count). The van der Waals surface area contributed by atoms with Crippen molar-refractivity contribution in [2.45, 2.75) is 30.4 Å². The second kappa shape index (κ2) is 11.1. The Morgan fingerprint density at radius 1 is 1.19 bits per heavy atom. The summed E-state index contributed by atoms with van der Waals surface area (Å²) in [4.78, 5) is 17.9. The molecule has 0 aliphatic rings. The van der Waals surface area contributed by atoms with Crippen molar-refractivity contribution in [3.63, 3.8) is 0 Å². The molecular formula is C22H24N4O2S3. The number of nitrogens with one attached hydrogen (secondary N) is 3. The second-order valence-electron chi connectivity index (χ2n) is 6.61. The van der Waals surface area contributed by atoms with Crippen molar-refractivity contribution in [2.24, 2.45) is 0 Å². The fourth-order valence-electron chi connectivity index (χ4n) is 2.76. The molecule has 1 unspecified atom stereocenters. The molecule has 2 aromatic carbocycles. The SMILES string of the molecule is CCC(Sc1cccc(NC(=S)Nc2ccccc2OC)c1)C(=O)Nc1nc(C)cs1. The van der Waals surface area contributed by atoms with E-state index in [1.165, 1.54) is 23.1 Å². The summed E-state index contributed by atoms with van der Waals surface area (Å²) in [6, 6.07) is 15.4. The van der Waals surface area contributed by atoms with E-state index in [4.69, 9.17) is 17.0 Å². The molecule has 31 heavy (non-hydrogen) atoms. The van der Waals surface area contributed by atoms with E-state index in [9.17, 15) is 4.79 Å². The zero-order chi connectivity index (χ0) is 22.2. The number of hydrogen-bond acceptors (Lipinski definition) is 6. The lowest BCUT2D eigenvalue weighted by Gasteiger charge is -2.16. The highest BCUT2D eigenvalue weighted by Gasteiger charge is 2.19. The number of benzene rings is 2. The summed E-state index contributed by atoms with van der Waals surface area (Å²) in [6.45, 7) is 3.91. The summed E-state index contributed by atoms with van der Waals surface area (Å²) in [5.74, 6) is 0.664. The number of methoxy groups -OCH3 is 1. The summed E-state index contributed by atoms with van der Waals surface area (Å²) >= 11 is 8.39. The van der Waals surface area contributed by atoms with Crippen molar-refractivity contribution in [1.29, 1.82) is 0 Å². The summed E-state index contributed by atoms with van der Waals surface area (Å²) in [5.41, 5.74) is 2.52. The lowest BCUT2D eigenvalue weighted by atomic mass is 10.3. The van der Waals surface area contributed by atoms with Gasteiger partial charge in [0.05, 0.1) is 23.7 Å². The van der Waals surface area contributed by atoms with Gasteiger partial charge in [-0.2, -0.15) is 0 Å². The Morgan fingerprint density at radius 3 is 2.71 bits per heavy atom. The van der Waals surface area contributed by atoms with Gasteiger partial charge in [-0.3, -0.25) is 4.79 Å². The van der Waals surface area contributed by atoms with Gasteiger partial charge in [0.25, 0.3) is 0 Å². The number of hydrogen-bond donors (Lipinski definition) is 3. The standard InChI is InChI=1S/C22H24N4O2S3/c1-4-19(20(27)26-22-23-14(2)13-30-22)31-16-9-7-8-15(12-16)24-21(29)25-17-10-5-6-11-18(17)28-3/h5-13,19H,4H2,1-3H3,(H,23,26,27)(H2,24,25,29). The van der Waals surface area contributed by atoms with Gasteiger partial charge in [0, 0.05) is 16.0 Å². The quantitative estimate of drug-likeness (QED) is 0.283. The topological polar surface area (TPSA) is 75.3 Å². The van der Waals surface area contributed by atoms with Crippen molar-refractivity contribution in [1.82, 2.24) is 4.98 Å². The first-order valence-corrected chi connectivity index (χ1v) is 11.9. The highest BCUT2D eigenvalue weighted by atomic mass is 32.2. The number of aryl methyl sites for hydroxylation is 1. The van der Waals surface area contributed by atoms with Gasteiger partial charge in [-0.1, -0.05) is 25.1 Å². The van der Waals surface area contributed by atoms with Crippen LogP contribution in [0.4, 0.5) is 16.5 Å². The summed E-state index contributed by atoms with van der Waals surface area (Å²) in [5, 5.41) is 12.0. The van der Waals surface area contributed by atoms with Crippen molar-refractivity contribution in [3.8, 4) is 5.75 Å². The molecule has 3 aromatic rings. The largest absolute Gasteiger partial charge is 0.495 e. The lowest BCUT2D eigenvalue weighted by Crippen LogP contribution is -2.24. The predicted octanol–water partition coefficient (Wildman–Crippen LogP) is 5.78. The molecule has 1 amide bonds. The van der Waals surface area contributed by atoms with E-state index in [2.05, 4.69) is 20.9 Å². The molecule has 6 nitrogen and oxygen atoms in total. The lowest BCUT2D eigenvalue weighted by molar-refractivity contribution is -0.115. The summed E-state index contributed by atoms with van der Waals surface area (Å²) < 4.78 is 5.34. The number of carbonyl (C=O) groups excluding carboxylic acids is 1. The first-order valence-electron chi connectivity index (χ1n) is 9.69. The Labute approximate surface area is 195 Å². The summed E-state index contributed by atoms with van der Waals surface area (Å²) in [6.07, 6.45) is 0.701. The van der Waals surface area contributed by atoms with Gasteiger partial charge in [-0.05, 0) is 55.9 Å². The van der Waals surface area contributed by atoms with E-state index in [0.717, 1.165) is 22.0 Å². The fourth-order valence-corrected chi connectivity index (χ4v) is 4.70. The molecule has 0 bridgehead atoms. The minimum absolute atomic E-state index is 0.0476. The number of thiazole rings is 1. The third-order valence-corrected chi connectivity index (χ3v) is 6.68. The maximum Gasteiger partial charge on any atom is 0.239 e. The zero-order valence-corrected chi connectivity index (χ0v) is 19.9. The van der Waals surface area contributed by atoms with Crippen LogP contribution in [0.1, 0.15) is 19.0 Å². The van der Waals surface area contributed by atoms with E-state index in [-0.39, 0.29) is 11.2 Å². The Bertz CT molecular complexity index is 1050. The average Bonchev–Trinajstić information content (AvgIpc) is 3.17. The van der Waals surface area contributed by atoms with Crippen LogP contribution >= 0.6 is 35.3 Å². The fraction of sp³-hybridized carbons (Fsp3) is 0.227. The maximum absolute atomic E-state index is 12.7. The molecular weight excluding hydrogens is 448 g/mol. The van der Waals surface area contributed by atoms with Crippen molar-refractivity contribution in [2.75, 3.05) is 23.1 Å². The van der Waals surface area contributed by atoms with Crippen LogP contribution in [-0.2, 0) is 4.79 Å². The van der Waals surface area contributed by atoms with Gasteiger partial charge in [0.15, 0.2) is 10.2 Å². The number of anilines is 3. The summed E-state index contributed by atoms with van der Waals surface area (Å²) in [7, 11) is 1.62. The number of amides is 1. The van der Waals surface area contributed by atoms with Gasteiger partial charge in [0.2, 0.25) is 5.91 Å². The minimum Gasteiger partial charge on any atom is -0.495 e. The predicted molar refractivity (Wildman–Crippen MR) is 135 cm³/mol. The Hall–Kier alpha value is -2.62. The van der Waals surface area contributed by atoms with E-state index in [0.29, 0.717) is 22.4 Å². The number of aromatic nitrogens is 1. The molecule has 0 saturated carbocycles. The van der Waals surface area contributed by atoms with Crippen LogP contribution in [0.3, 0.4) is 0 Å². The molecule has 0 saturated heterocycles. The second-order valence-corrected chi connectivity index (χ2v) is 9.15. The number of carbonyl (C=O) groups is 1. The van der Waals surface area contributed by atoms with E-state index >= 15 is 0 Å². The minimum atomic E-state index is -0.224. The van der Waals surface area contributed by atoms with E-state index in [1.807, 2.05) is 67.8 Å². The van der Waals surface area contributed by atoms with Gasteiger partial charge in [-0.25, -0.2) is 4.98 Å². The van der Waals surface area contributed by atoms with Crippen molar-refractivity contribution >= 4 is 62.8 Å². The van der Waals surface area contributed by atoms with Crippen molar-refractivity contribution in [3.05, 3.63) is 59.6 Å². The Balaban J connectivity index is 1.62. The van der Waals surface area contributed by atoms with Crippen molar-refractivity contribution < 1.29 is 9.53 Å². The van der Waals surface area contributed by atoms with Crippen LogP contribution < -0.4 is 20.7 Å². The first-order chi connectivity index (χ1) is 15.0. The molecule has 1 aromatic heterocycles. The molecule has 0 radical (unpaired) electrons. The number of ether oxygens (including phenoxy) is 1. The van der Waals surface area contributed by atoms with Crippen LogP contribution in [0.25, 0.3) is 0 Å². The number of rotatable bonds is 8. The van der Waals surface area contributed by atoms with Crippen LogP contribution in [0, 0.1) is 6.92 Å². The van der Waals surface area contributed by atoms with Gasteiger partial charge >= 0.3 is 0 Å². The number of para-hydroxylation sites is 2. The highest BCUT2D eigenvalue weighted by molar-refractivity contribution is 8.00. The molecule has 0 fully saturated rings. The third kappa shape index (κ3) is 6.68.